The van der Waals surface area contributed by atoms with E-state index in [2.05, 4.69) is 0 Å². The summed E-state index contributed by atoms with van der Waals surface area (Å²) in [5.74, 6) is -15.4. The van der Waals surface area contributed by atoms with Crippen LogP contribution in [0.4, 0.5) is 61.5 Å². The lowest BCUT2D eigenvalue weighted by atomic mass is 10.3. The fraction of sp³-hybridized carbons (Fsp3) is 1.00. The smallest absolute Gasteiger partial charge is 0.425 e. The normalized spacial score (nSPS) is 16.5. The number of halogens is 14. The van der Waals surface area contributed by atoms with Gasteiger partial charge in [0.2, 0.25) is 0 Å². The van der Waals surface area contributed by atoms with Crippen molar-refractivity contribution in [2.45, 2.75) is 34.7 Å². The molecule has 0 spiro atoms. The standard InChI is InChI=1S/C6F14NO4S2/c7-1(8,3(11,12)13)5(17,18)26(22,23)21-27(24,25)6(19,20)2(9,10)4(14,15)16/q-1. The Balaban J connectivity index is 6.37. The van der Waals surface area contributed by atoms with E-state index in [0.717, 1.165) is 0 Å². The van der Waals surface area contributed by atoms with Crippen LogP contribution in [-0.2, 0) is 20.0 Å². The van der Waals surface area contributed by atoms with E-state index in [1.807, 2.05) is 0 Å². The van der Waals surface area contributed by atoms with Crippen molar-refractivity contribution >= 4 is 20.0 Å². The summed E-state index contributed by atoms with van der Waals surface area (Å²) in [5, 5.41) is -15.4. The van der Waals surface area contributed by atoms with Crippen LogP contribution in [0.3, 0.4) is 0 Å². The highest BCUT2D eigenvalue weighted by Crippen LogP contribution is 2.54. The van der Waals surface area contributed by atoms with Crippen LogP contribution in [0, 0.1) is 0 Å². The van der Waals surface area contributed by atoms with Gasteiger partial charge in [-0.05, 0) is 0 Å². The summed E-state index contributed by atoms with van der Waals surface area (Å²) < 4.78 is 215. The number of hydrogen-bond donors (Lipinski definition) is 0. The van der Waals surface area contributed by atoms with E-state index in [1.54, 1.807) is 0 Å². The molecule has 164 valence electrons. The van der Waals surface area contributed by atoms with Crippen molar-refractivity contribution in [3.05, 3.63) is 4.13 Å². The number of nitrogens with zero attached hydrogens (tertiary/aromatic N) is 1. The molecule has 0 atom stereocenters. The zero-order valence-electron chi connectivity index (χ0n) is 11.2. The van der Waals surface area contributed by atoms with E-state index in [-0.39, 0.29) is 4.13 Å². The third kappa shape index (κ3) is 3.76. The fourth-order valence-electron chi connectivity index (χ4n) is 0.877. The predicted octanol–water partition coefficient (Wildman–Crippen LogP) is 3.60. The molecule has 0 aliphatic carbocycles. The third-order valence-electron chi connectivity index (χ3n) is 2.29. The van der Waals surface area contributed by atoms with Gasteiger partial charge in [-0.25, -0.2) is 16.8 Å². The number of rotatable bonds is 6. The number of sulfonamides is 2. The van der Waals surface area contributed by atoms with Crippen LogP contribution < -0.4 is 0 Å². The SMILES string of the molecule is O=S(=O)([N-]S(=O)(=O)C(F)(F)C(F)(F)C(F)(F)F)C(F)(F)C(F)(F)C(F)(F)F. The maximum atomic E-state index is 12.9. The molecule has 0 aliphatic heterocycles. The molecule has 0 unspecified atom stereocenters. The van der Waals surface area contributed by atoms with Crippen LogP contribution in [0.25, 0.3) is 4.13 Å². The first-order valence-electron chi connectivity index (χ1n) is 5.09. The Labute approximate surface area is 138 Å². The van der Waals surface area contributed by atoms with E-state index < -0.39 is 54.8 Å². The minimum Gasteiger partial charge on any atom is -0.425 e. The summed E-state index contributed by atoms with van der Waals surface area (Å²) in [6.45, 7) is 0. The van der Waals surface area contributed by atoms with E-state index in [1.165, 1.54) is 0 Å². The van der Waals surface area contributed by atoms with Crippen molar-refractivity contribution in [2.75, 3.05) is 0 Å². The van der Waals surface area contributed by atoms with Crippen molar-refractivity contribution in [3.8, 4) is 0 Å². The largest absolute Gasteiger partial charge is 0.461 e. The average Bonchev–Trinajstić information content (AvgIpc) is 2.33. The molecule has 0 bridgehead atoms. The molecular formula is C6F14NO4S2-. The average molecular weight is 480 g/mol. The highest BCUT2D eigenvalue weighted by Gasteiger charge is 2.79. The Morgan fingerprint density at radius 3 is 0.778 bits per heavy atom. The second-order valence-corrected chi connectivity index (χ2v) is 7.72. The van der Waals surface area contributed by atoms with Crippen LogP contribution in [0.2, 0.25) is 0 Å². The minimum absolute atomic E-state index is 0.128. The molecule has 0 saturated carbocycles. The molecule has 0 radical (unpaired) electrons. The molecule has 0 N–H and O–H groups in total. The van der Waals surface area contributed by atoms with E-state index >= 15 is 0 Å². The molecule has 0 fully saturated rings. The van der Waals surface area contributed by atoms with Gasteiger partial charge in [0.1, 0.15) is 0 Å². The number of hydrogen-bond acceptors (Lipinski definition) is 4. The first-order chi connectivity index (χ1) is 11.2. The molecule has 0 aliphatic rings. The minimum atomic E-state index is -8.29. The summed E-state index contributed by atoms with van der Waals surface area (Å²) in [4.78, 5) is 0. The van der Waals surface area contributed by atoms with Gasteiger partial charge in [-0.3, -0.25) is 0 Å². The first-order valence-corrected chi connectivity index (χ1v) is 7.97. The molecule has 0 saturated heterocycles. The Morgan fingerprint density at radius 2 is 0.630 bits per heavy atom. The maximum absolute atomic E-state index is 12.9. The van der Waals surface area contributed by atoms with Gasteiger partial charge in [0.25, 0.3) is 0 Å². The maximum Gasteiger partial charge on any atom is 0.461 e. The van der Waals surface area contributed by atoms with Crippen molar-refractivity contribution in [1.29, 1.82) is 0 Å². The first kappa shape index (κ1) is 25.9. The lowest BCUT2D eigenvalue weighted by Gasteiger charge is -2.36. The second-order valence-electron chi connectivity index (χ2n) is 4.20. The fourth-order valence-corrected chi connectivity index (χ4v) is 3.54. The summed E-state index contributed by atoms with van der Waals surface area (Å²) in [5.41, 5.74) is 0. The van der Waals surface area contributed by atoms with Gasteiger partial charge in [-0.2, -0.15) is 61.5 Å². The Kier molecular flexibility index (Phi) is 5.93. The molecule has 0 aromatic carbocycles. The Morgan fingerprint density at radius 1 is 0.444 bits per heavy atom. The molecular weight excluding hydrogens is 480 g/mol. The lowest BCUT2D eigenvalue weighted by molar-refractivity contribution is -0.332. The van der Waals surface area contributed by atoms with E-state index in [9.17, 15) is 78.3 Å². The van der Waals surface area contributed by atoms with Gasteiger partial charge in [0.05, 0.1) is 0 Å². The highest BCUT2D eigenvalue weighted by molar-refractivity contribution is 8.13. The molecule has 0 amide bonds. The van der Waals surface area contributed by atoms with Crippen molar-refractivity contribution < 1.29 is 78.3 Å². The molecule has 0 heterocycles. The Bertz CT molecular complexity index is 709. The summed E-state index contributed by atoms with van der Waals surface area (Å²) in [6.07, 6.45) is -14.9. The van der Waals surface area contributed by atoms with Crippen LogP contribution in [0.5, 0.6) is 0 Å². The van der Waals surface area contributed by atoms with Gasteiger partial charge in [0.15, 0.2) is 20.0 Å². The molecule has 5 nitrogen and oxygen atoms in total. The monoisotopic (exact) mass is 480 g/mol. The van der Waals surface area contributed by atoms with E-state index in [4.69, 9.17) is 0 Å². The molecule has 0 rings (SSSR count). The zero-order chi connectivity index (χ0) is 22.7. The second kappa shape index (κ2) is 6.19. The van der Waals surface area contributed by atoms with Crippen LogP contribution in [-0.4, -0.2) is 51.5 Å². The van der Waals surface area contributed by atoms with Gasteiger partial charge >= 0.3 is 34.7 Å². The zero-order valence-corrected chi connectivity index (χ0v) is 12.8. The van der Waals surface area contributed by atoms with Gasteiger partial charge < -0.3 is 4.13 Å². The lowest BCUT2D eigenvalue weighted by Crippen LogP contribution is -2.58. The molecule has 0 aromatic heterocycles. The summed E-state index contributed by atoms with van der Waals surface area (Å²) in [6, 6.07) is 0. The number of alkyl halides is 14. The molecule has 27 heavy (non-hydrogen) atoms. The van der Waals surface area contributed by atoms with Gasteiger partial charge in [0, 0.05) is 0 Å². The molecule has 21 heteroatoms. The predicted molar refractivity (Wildman–Crippen MR) is 53.1 cm³/mol. The van der Waals surface area contributed by atoms with Gasteiger partial charge in [-0.1, -0.05) is 0 Å². The Hall–Kier alpha value is -1.12. The summed E-state index contributed by atoms with van der Waals surface area (Å²) >= 11 is 0. The topological polar surface area (TPSA) is 82.4 Å². The third-order valence-corrected chi connectivity index (χ3v) is 5.67. The van der Waals surface area contributed by atoms with Crippen LogP contribution in [0.1, 0.15) is 0 Å². The van der Waals surface area contributed by atoms with Gasteiger partial charge in [-0.15, -0.1) is 0 Å². The van der Waals surface area contributed by atoms with Crippen LogP contribution >= 0.6 is 0 Å². The highest BCUT2D eigenvalue weighted by atomic mass is 32.3. The quantitative estimate of drug-likeness (QED) is 0.545. The van der Waals surface area contributed by atoms with Crippen molar-refractivity contribution in [1.82, 2.24) is 0 Å². The van der Waals surface area contributed by atoms with Crippen molar-refractivity contribution in [3.63, 3.8) is 0 Å². The van der Waals surface area contributed by atoms with Crippen molar-refractivity contribution in [2.24, 2.45) is 0 Å². The van der Waals surface area contributed by atoms with E-state index in [0.29, 0.717) is 0 Å². The summed E-state index contributed by atoms with van der Waals surface area (Å²) in [7, 11) is -16.6. The molecule has 0 aromatic rings. The van der Waals surface area contributed by atoms with Crippen LogP contribution in [0.15, 0.2) is 0 Å².